The molecule has 0 aliphatic rings. The van der Waals surface area contributed by atoms with Crippen LogP contribution in [0.3, 0.4) is 0 Å². The van der Waals surface area contributed by atoms with Crippen molar-refractivity contribution < 1.29 is 31.9 Å². The molecular weight excluding hydrogens is 493 g/mol. The number of aliphatic carboxylic acids is 1. The van der Waals surface area contributed by atoms with Gasteiger partial charge < -0.3 is 15.8 Å². The first-order valence-electron chi connectivity index (χ1n) is 10.0. The molecule has 4 aromatic heterocycles. The molecule has 0 amide bonds. The van der Waals surface area contributed by atoms with Crippen LogP contribution in [0.5, 0.6) is 0 Å². The summed E-state index contributed by atoms with van der Waals surface area (Å²) >= 11 is 0. The van der Waals surface area contributed by atoms with Crippen LogP contribution in [0, 0.1) is 6.92 Å². The molecule has 0 saturated carbocycles. The second kappa shape index (κ2) is 10.5. The van der Waals surface area contributed by atoms with E-state index < -0.39 is 23.9 Å². The Balaban J connectivity index is 0.000000454. The van der Waals surface area contributed by atoms with E-state index in [4.69, 9.17) is 15.6 Å². The molecule has 4 rings (SSSR count). The highest BCUT2D eigenvalue weighted by Gasteiger charge is 2.38. The molecule has 4 heterocycles. The quantitative estimate of drug-likeness (QED) is 0.349. The predicted molar refractivity (Wildman–Crippen MR) is 117 cm³/mol. The maximum Gasteiger partial charge on any atom is 0.490 e. The van der Waals surface area contributed by atoms with Crippen molar-refractivity contribution >= 4 is 17.0 Å². The van der Waals surface area contributed by atoms with Crippen LogP contribution in [0.2, 0.25) is 0 Å². The smallest absolute Gasteiger partial charge is 0.475 e. The Kier molecular flexibility index (Phi) is 7.62. The number of aromatic amines is 1. The van der Waals surface area contributed by atoms with Gasteiger partial charge >= 0.3 is 17.8 Å². The van der Waals surface area contributed by atoms with Crippen molar-refractivity contribution in [3.63, 3.8) is 0 Å². The Morgan fingerprint density at radius 1 is 1.17 bits per heavy atom. The van der Waals surface area contributed by atoms with E-state index in [1.54, 1.807) is 12.4 Å². The number of aryl methyl sites for hydroxylation is 1. The van der Waals surface area contributed by atoms with Crippen molar-refractivity contribution in [1.82, 2.24) is 29.3 Å². The molecule has 36 heavy (non-hydrogen) atoms. The molecule has 0 bridgehead atoms. The summed E-state index contributed by atoms with van der Waals surface area (Å²) in [5.74, 6) is -2.38. The van der Waals surface area contributed by atoms with Crippen LogP contribution >= 0.6 is 0 Å². The maximum absolute atomic E-state index is 12.8. The van der Waals surface area contributed by atoms with Gasteiger partial charge in [-0.15, -0.1) is 0 Å². The zero-order valence-corrected chi connectivity index (χ0v) is 18.4. The average Bonchev–Trinajstić information content (AvgIpc) is 3.43. The van der Waals surface area contributed by atoms with Crippen LogP contribution in [0.4, 0.5) is 22.0 Å². The number of carboxylic acids is 1. The number of pyridine rings is 2. The summed E-state index contributed by atoms with van der Waals surface area (Å²) in [7, 11) is 0. The second-order valence-corrected chi connectivity index (χ2v) is 7.32. The number of carboxylic acid groups (broad SMARTS) is 1. The van der Waals surface area contributed by atoms with Gasteiger partial charge in [-0.05, 0) is 30.7 Å². The number of rotatable bonds is 5. The van der Waals surface area contributed by atoms with E-state index in [-0.39, 0.29) is 18.7 Å². The zero-order chi connectivity index (χ0) is 26.6. The number of nitrogens with two attached hydrogens (primary N) is 1. The van der Waals surface area contributed by atoms with Crippen molar-refractivity contribution in [3.05, 3.63) is 70.8 Å². The number of nitrogens with zero attached hydrogens (tertiary/aromatic N) is 5. The van der Waals surface area contributed by atoms with Crippen LogP contribution in [-0.4, -0.2) is 53.1 Å². The minimum Gasteiger partial charge on any atom is -0.475 e. The molecule has 0 aromatic carbocycles. The molecule has 0 spiro atoms. The summed E-state index contributed by atoms with van der Waals surface area (Å²) in [6, 6.07) is 5.80. The summed E-state index contributed by atoms with van der Waals surface area (Å²) in [5, 5.41) is 12.0. The molecule has 0 radical (unpaired) electrons. The highest BCUT2D eigenvalue weighted by atomic mass is 19.4. The van der Waals surface area contributed by atoms with Gasteiger partial charge in [0, 0.05) is 47.2 Å². The lowest BCUT2D eigenvalue weighted by molar-refractivity contribution is -0.192. The van der Waals surface area contributed by atoms with E-state index in [1.165, 1.54) is 10.9 Å². The van der Waals surface area contributed by atoms with Gasteiger partial charge in [0.2, 0.25) is 0 Å². The molecule has 15 heteroatoms. The summed E-state index contributed by atoms with van der Waals surface area (Å²) in [6.45, 7) is 1.08. The summed E-state index contributed by atoms with van der Waals surface area (Å²) < 4.78 is 59.5. The van der Waals surface area contributed by atoms with Crippen molar-refractivity contribution in [1.29, 1.82) is 0 Å². The van der Waals surface area contributed by atoms with Gasteiger partial charge in [-0.3, -0.25) is 0 Å². The van der Waals surface area contributed by atoms with Crippen molar-refractivity contribution in [2.45, 2.75) is 19.6 Å². The van der Waals surface area contributed by atoms with Crippen molar-refractivity contribution in [2.24, 2.45) is 5.73 Å². The lowest BCUT2D eigenvalue weighted by Gasteiger charge is -2.08. The lowest BCUT2D eigenvalue weighted by Crippen LogP contribution is -2.27. The first-order chi connectivity index (χ1) is 16.9. The van der Waals surface area contributed by atoms with E-state index in [0.717, 1.165) is 32.4 Å². The van der Waals surface area contributed by atoms with Gasteiger partial charge in [-0.25, -0.2) is 28.8 Å². The van der Waals surface area contributed by atoms with E-state index in [2.05, 4.69) is 20.1 Å². The Hall–Kier alpha value is -4.40. The van der Waals surface area contributed by atoms with E-state index in [0.29, 0.717) is 5.82 Å². The second-order valence-electron chi connectivity index (χ2n) is 7.32. The summed E-state index contributed by atoms with van der Waals surface area (Å²) in [4.78, 5) is 33.3. The van der Waals surface area contributed by atoms with Crippen LogP contribution in [0.25, 0.3) is 28.0 Å². The average molecular weight is 511 g/mol. The van der Waals surface area contributed by atoms with Gasteiger partial charge in [0.05, 0.1) is 6.54 Å². The fourth-order valence-electron chi connectivity index (χ4n) is 3.05. The van der Waals surface area contributed by atoms with Gasteiger partial charge in [0.15, 0.2) is 0 Å². The molecule has 0 aliphatic heterocycles. The highest BCUT2D eigenvalue weighted by molar-refractivity contribution is 5.81. The van der Waals surface area contributed by atoms with Crippen molar-refractivity contribution in [3.8, 4) is 16.9 Å². The summed E-state index contributed by atoms with van der Waals surface area (Å²) in [6.07, 6.45) is -0.535. The fraction of sp³-hybridized carbons (Fsp3) is 0.190. The lowest BCUT2D eigenvalue weighted by atomic mass is 10.1. The molecule has 0 unspecified atom stereocenters. The van der Waals surface area contributed by atoms with Crippen LogP contribution in [0.1, 0.15) is 5.56 Å². The summed E-state index contributed by atoms with van der Waals surface area (Å²) in [5.41, 5.74) is 7.64. The molecule has 0 saturated heterocycles. The number of aromatic nitrogens is 6. The van der Waals surface area contributed by atoms with Gasteiger partial charge in [0.1, 0.15) is 17.8 Å². The molecular formula is C21H18F5N7O3. The molecule has 0 fully saturated rings. The van der Waals surface area contributed by atoms with Gasteiger partial charge in [-0.2, -0.15) is 27.1 Å². The third-order valence-electron chi connectivity index (χ3n) is 4.84. The molecule has 190 valence electrons. The van der Waals surface area contributed by atoms with Crippen LogP contribution in [0.15, 0.2) is 59.6 Å². The number of nitrogens with one attached hydrogen (secondary N) is 1. The van der Waals surface area contributed by atoms with Crippen LogP contribution in [-0.2, 0) is 11.3 Å². The number of hydrogen-bond donors (Lipinski definition) is 3. The first-order valence-corrected chi connectivity index (χ1v) is 10.0. The first kappa shape index (κ1) is 26.2. The Morgan fingerprint density at radius 2 is 1.81 bits per heavy atom. The highest BCUT2D eigenvalue weighted by Crippen LogP contribution is 2.24. The van der Waals surface area contributed by atoms with Gasteiger partial charge in [-0.1, -0.05) is 0 Å². The minimum atomic E-state index is -5.08. The van der Waals surface area contributed by atoms with E-state index >= 15 is 0 Å². The Bertz CT molecular complexity index is 1480. The minimum absolute atomic E-state index is 0.343. The van der Waals surface area contributed by atoms with Crippen molar-refractivity contribution in [2.75, 3.05) is 6.54 Å². The number of H-pyrrole nitrogens is 1. The zero-order valence-electron chi connectivity index (χ0n) is 18.4. The van der Waals surface area contributed by atoms with Crippen LogP contribution < -0.4 is 11.4 Å². The third kappa shape index (κ3) is 5.80. The normalized spacial score (nSPS) is 11.2. The Labute approximate surface area is 198 Å². The maximum atomic E-state index is 12.8. The number of hydrogen-bond acceptors (Lipinski definition) is 6. The topological polar surface area (TPSA) is 145 Å². The predicted octanol–water partition coefficient (Wildman–Crippen LogP) is 3.02. The van der Waals surface area contributed by atoms with Gasteiger partial charge in [0.25, 0.3) is 6.08 Å². The largest absolute Gasteiger partial charge is 0.490 e. The Morgan fingerprint density at radius 3 is 2.39 bits per heavy atom. The number of alkyl halides is 3. The molecule has 4 aromatic rings. The monoisotopic (exact) mass is 511 g/mol. The molecule has 4 N–H and O–H groups in total. The molecule has 0 aliphatic carbocycles. The fourth-order valence-corrected chi connectivity index (χ4v) is 3.05. The number of fused-ring (bicyclic) bond motifs is 1. The number of halogens is 5. The van der Waals surface area contributed by atoms with E-state index in [9.17, 15) is 26.7 Å². The van der Waals surface area contributed by atoms with E-state index in [1.807, 2.05) is 31.3 Å². The molecule has 0 atom stereocenters. The SMILES string of the molecule is Cc1cc(-c2cnc3[nH]ccc3c2)cnc1-n1cnn(CC(CN)=C(F)F)c1=O.O=C(O)C(F)(F)F. The standard InChI is InChI=1S/C19H17F2N7O.C2HF3O2/c1-11-4-13(14-5-12-2-3-23-17(12)24-7-14)8-25-18(11)27-10-26-28(19(27)29)9-15(6-22)16(20)21;3-2(4,5)1(6)7/h2-5,7-8,10H,6,9,22H2,1H3,(H,23,24);(H,6,7). The number of carbonyl (C=O) groups is 1. The molecule has 10 nitrogen and oxygen atoms in total. The third-order valence-corrected chi connectivity index (χ3v) is 4.84.